The Bertz CT molecular complexity index is 611. The molecule has 0 saturated carbocycles. The molecule has 1 aromatic heterocycles. The molecular weight excluding hydrogens is 282 g/mol. The SMILES string of the molecule is NC(=O)[C@@H]1CCCN(Cc2csc(-c3ccccc3)n2)C1. The molecule has 0 spiro atoms. The van der Waals surface area contributed by atoms with E-state index in [9.17, 15) is 4.79 Å². The van der Waals surface area contributed by atoms with Crippen LogP contribution >= 0.6 is 11.3 Å². The highest BCUT2D eigenvalue weighted by atomic mass is 32.1. The van der Waals surface area contributed by atoms with Gasteiger partial charge in [0.15, 0.2) is 0 Å². The van der Waals surface area contributed by atoms with Gasteiger partial charge < -0.3 is 5.73 Å². The van der Waals surface area contributed by atoms with Crippen LogP contribution in [0.15, 0.2) is 35.7 Å². The Morgan fingerprint density at radius 2 is 2.19 bits per heavy atom. The highest BCUT2D eigenvalue weighted by molar-refractivity contribution is 7.13. The molecule has 3 rings (SSSR count). The molecule has 1 amide bonds. The zero-order chi connectivity index (χ0) is 14.7. The third-order valence-electron chi connectivity index (χ3n) is 3.87. The Morgan fingerprint density at radius 1 is 1.38 bits per heavy atom. The molecule has 1 saturated heterocycles. The highest BCUT2D eigenvalue weighted by Crippen LogP contribution is 2.25. The molecule has 2 aromatic rings. The monoisotopic (exact) mass is 301 g/mol. The molecule has 110 valence electrons. The second-order valence-corrected chi connectivity index (χ2v) is 6.34. The van der Waals surface area contributed by atoms with Crippen molar-refractivity contribution in [2.24, 2.45) is 11.7 Å². The van der Waals surface area contributed by atoms with E-state index in [1.165, 1.54) is 0 Å². The molecule has 2 heterocycles. The van der Waals surface area contributed by atoms with E-state index in [2.05, 4.69) is 22.4 Å². The quantitative estimate of drug-likeness (QED) is 0.944. The lowest BCUT2D eigenvalue weighted by molar-refractivity contribution is -0.123. The summed E-state index contributed by atoms with van der Waals surface area (Å²) in [6.45, 7) is 2.57. The van der Waals surface area contributed by atoms with Gasteiger partial charge in [-0.3, -0.25) is 9.69 Å². The number of thiazole rings is 1. The number of primary amides is 1. The predicted octanol–water partition coefficient (Wildman–Crippen LogP) is 2.51. The number of likely N-dealkylation sites (tertiary alicyclic amines) is 1. The van der Waals surface area contributed by atoms with Crippen molar-refractivity contribution in [3.8, 4) is 10.6 Å². The number of nitrogens with two attached hydrogens (primary N) is 1. The first-order valence-electron chi connectivity index (χ1n) is 7.24. The second-order valence-electron chi connectivity index (χ2n) is 5.49. The summed E-state index contributed by atoms with van der Waals surface area (Å²) < 4.78 is 0. The van der Waals surface area contributed by atoms with Crippen LogP contribution in [-0.4, -0.2) is 28.9 Å². The molecule has 1 aliphatic rings. The van der Waals surface area contributed by atoms with Crippen LogP contribution in [0.4, 0.5) is 0 Å². The normalized spacial score (nSPS) is 19.5. The molecule has 1 aliphatic heterocycles. The molecule has 1 aromatic carbocycles. The first-order chi connectivity index (χ1) is 10.2. The predicted molar refractivity (Wildman–Crippen MR) is 84.7 cm³/mol. The van der Waals surface area contributed by atoms with Crippen molar-refractivity contribution in [3.05, 3.63) is 41.4 Å². The van der Waals surface area contributed by atoms with Crippen molar-refractivity contribution < 1.29 is 4.79 Å². The van der Waals surface area contributed by atoms with Gasteiger partial charge in [0, 0.05) is 24.0 Å². The van der Waals surface area contributed by atoms with Gasteiger partial charge in [-0.05, 0) is 19.4 Å². The fourth-order valence-corrected chi connectivity index (χ4v) is 3.57. The number of aromatic nitrogens is 1. The van der Waals surface area contributed by atoms with Gasteiger partial charge in [-0.1, -0.05) is 30.3 Å². The number of rotatable bonds is 4. The lowest BCUT2D eigenvalue weighted by atomic mass is 9.97. The van der Waals surface area contributed by atoms with E-state index in [1.54, 1.807) is 11.3 Å². The number of carbonyl (C=O) groups is 1. The molecule has 21 heavy (non-hydrogen) atoms. The Balaban J connectivity index is 1.66. The number of amides is 1. The molecule has 1 atom stereocenters. The van der Waals surface area contributed by atoms with Crippen LogP contribution < -0.4 is 5.73 Å². The van der Waals surface area contributed by atoms with E-state index < -0.39 is 0 Å². The highest BCUT2D eigenvalue weighted by Gasteiger charge is 2.24. The standard InChI is InChI=1S/C16H19N3OS/c17-15(20)13-7-4-8-19(9-13)10-14-11-21-16(18-14)12-5-2-1-3-6-12/h1-3,5-6,11,13H,4,7-10H2,(H2,17,20)/t13-/m1/s1. The fourth-order valence-electron chi connectivity index (χ4n) is 2.75. The number of piperidine rings is 1. The largest absolute Gasteiger partial charge is 0.369 e. The van der Waals surface area contributed by atoms with Gasteiger partial charge >= 0.3 is 0 Å². The zero-order valence-electron chi connectivity index (χ0n) is 11.9. The van der Waals surface area contributed by atoms with Gasteiger partial charge in [0.1, 0.15) is 5.01 Å². The summed E-state index contributed by atoms with van der Waals surface area (Å²) in [5.41, 5.74) is 7.65. The Hall–Kier alpha value is -1.72. The number of hydrogen-bond donors (Lipinski definition) is 1. The maximum atomic E-state index is 11.3. The van der Waals surface area contributed by atoms with Gasteiger partial charge in [-0.25, -0.2) is 4.98 Å². The Morgan fingerprint density at radius 3 is 2.95 bits per heavy atom. The van der Waals surface area contributed by atoms with Crippen LogP contribution in [-0.2, 0) is 11.3 Å². The first-order valence-corrected chi connectivity index (χ1v) is 8.12. The third-order valence-corrected chi connectivity index (χ3v) is 4.81. The van der Waals surface area contributed by atoms with Gasteiger partial charge in [-0.15, -0.1) is 11.3 Å². The Kier molecular flexibility index (Phi) is 4.31. The third kappa shape index (κ3) is 3.49. The van der Waals surface area contributed by atoms with Crippen LogP contribution in [0.2, 0.25) is 0 Å². The summed E-state index contributed by atoms with van der Waals surface area (Å²) in [7, 11) is 0. The van der Waals surface area contributed by atoms with Crippen molar-refractivity contribution in [2.75, 3.05) is 13.1 Å². The van der Waals surface area contributed by atoms with Crippen molar-refractivity contribution in [1.29, 1.82) is 0 Å². The second kappa shape index (κ2) is 6.37. The molecule has 4 nitrogen and oxygen atoms in total. The topological polar surface area (TPSA) is 59.2 Å². The Labute approximate surface area is 128 Å². The molecule has 2 N–H and O–H groups in total. The average molecular weight is 301 g/mol. The maximum absolute atomic E-state index is 11.3. The molecule has 1 fully saturated rings. The molecule has 0 unspecified atom stereocenters. The van der Waals surface area contributed by atoms with E-state index in [0.29, 0.717) is 0 Å². The summed E-state index contributed by atoms with van der Waals surface area (Å²) in [5, 5.41) is 3.16. The molecule has 0 bridgehead atoms. The van der Waals surface area contributed by atoms with Crippen molar-refractivity contribution in [3.63, 3.8) is 0 Å². The van der Waals surface area contributed by atoms with Crippen LogP contribution in [0.5, 0.6) is 0 Å². The van der Waals surface area contributed by atoms with Crippen LogP contribution in [0.25, 0.3) is 10.6 Å². The van der Waals surface area contributed by atoms with Crippen molar-refractivity contribution >= 4 is 17.2 Å². The maximum Gasteiger partial charge on any atom is 0.221 e. The van der Waals surface area contributed by atoms with E-state index in [-0.39, 0.29) is 11.8 Å². The van der Waals surface area contributed by atoms with E-state index in [1.807, 2.05) is 18.2 Å². The number of nitrogens with zero attached hydrogens (tertiary/aromatic N) is 2. The minimum Gasteiger partial charge on any atom is -0.369 e. The summed E-state index contributed by atoms with van der Waals surface area (Å²) in [6, 6.07) is 10.2. The van der Waals surface area contributed by atoms with E-state index in [0.717, 1.165) is 48.7 Å². The molecule has 0 radical (unpaired) electrons. The summed E-state index contributed by atoms with van der Waals surface area (Å²) >= 11 is 1.67. The number of hydrogen-bond acceptors (Lipinski definition) is 4. The van der Waals surface area contributed by atoms with Crippen molar-refractivity contribution in [1.82, 2.24) is 9.88 Å². The zero-order valence-corrected chi connectivity index (χ0v) is 12.7. The number of carbonyl (C=O) groups excluding carboxylic acids is 1. The summed E-state index contributed by atoms with van der Waals surface area (Å²) in [4.78, 5) is 18.3. The van der Waals surface area contributed by atoms with Gasteiger partial charge in [0.2, 0.25) is 5.91 Å². The summed E-state index contributed by atoms with van der Waals surface area (Å²) in [5.74, 6) is -0.186. The smallest absolute Gasteiger partial charge is 0.221 e. The fraction of sp³-hybridized carbons (Fsp3) is 0.375. The van der Waals surface area contributed by atoms with Gasteiger partial charge in [-0.2, -0.15) is 0 Å². The van der Waals surface area contributed by atoms with Crippen LogP contribution in [0.3, 0.4) is 0 Å². The van der Waals surface area contributed by atoms with Crippen LogP contribution in [0.1, 0.15) is 18.5 Å². The average Bonchev–Trinajstić information content (AvgIpc) is 2.97. The molecular formula is C16H19N3OS. The first kappa shape index (κ1) is 14.2. The van der Waals surface area contributed by atoms with Crippen LogP contribution in [0, 0.1) is 5.92 Å². The lowest BCUT2D eigenvalue weighted by Gasteiger charge is -2.30. The van der Waals surface area contributed by atoms with E-state index >= 15 is 0 Å². The minimum absolute atomic E-state index is 0.00835. The lowest BCUT2D eigenvalue weighted by Crippen LogP contribution is -2.40. The van der Waals surface area contributed by atoms with Gasteiger partial charge in [0.25, 0.3) is 0 Å². The molecule has 5 heteroatoms. The molecule has 0 aliphatic carbocycles. The summed E-state index contributed by atoms with van der Waals surface area (Å²) in [6.07, 6.45) is 1.95. The number of benzene rings is 1. The van der Waals surface area contributed by atoms with E-state index in [4.69, 9.17) is 10.7 Å². The van der Waals surface area contributed by atoms with Crippen molar-refractivity contribution in [2.45, 2.75) is 19.4 Å². The minimum atomic E-state index is -0.178. The van der Waals surface area contributed by atoms with Gasteiger partial charge in [0.05, 0.1) is 11.6 Å².